The molecule has 0 N–H and O–H groups in total. The highest BCUT2D eigenvalue weighted by atomic mass is 17.3. The highest BCUT2D eigenvalue weighted by Gasteiger charge is 2.57. The number of benzene rings is 4. The maximum absolute atomic E-state index is 13.2. The number of hydrogen-bond acceptors (Lipinski definition) is 28. The van der Waals surface area contributed by atoms with Crippen molar-refractivity contribution in [2.75, 3.05) is 56.9 Å². The minimum absolute atomic E-state index is 0.0342. The minimum atomic E-state index is -1.23. The molecule has 0 aliphatic heterocycles. The van der Waals surface area contributed by atoms with E-state index in [9.17, 15) is 38.4 Å². The van der Waals surface area contributed by atoms with Crippen LogP contribution >= 0.6 is 0 Å². The first-order chi connectivity index (χ1) is 45.0. The fraction of sp³-hybridized carbons (Fsp3) is 0.508. The van der Waals surface area contributed by atoms with E-state index >= 15 is 0 Å². The smallest absolute Gasteiger partial charge is 0.493 e. The Bertz CT molecular complexity index is 2810. The van der Waals surface area contributed by atoms with Gasteiger partial charge >= 0.3 is 48.5 Å². The van der Waals surface area contributed by atoms with Crippen LogP contribution in [0, 0.1) is 29.1 Å². The molecule has 0 aromatic heterocycles. The van der Waals surface area contributed by atoms with Gasteiger partial charge < -0.3 is 56.8 Å². The molecule has 0 bridgehead atoms. The van der Waals surface area contributed by atoms with Gasteiger partial charge in [0.2, 0.25) is 0 Å². The van der Waals surface area contributed by atoms with E-state index in [0.717, 1.165) is 0 Å². The number of ether oxygens (including phenoxy) is 12. The van der Waals surface area contributed by atoms with Gasteiger partial charge in [0.25, 0.3) is 0 Å². The monoisotopic (exact) mass is 1300 g/mol. The molecule has 4 aromatic carbocycles. The van der Waals surface area contributed by atoms with Gasteiger partial charge in [-0.3, -0.25) is 0 Å². The maximum atomic E-state index is 13.2. The molecule has 8 rings (SSSR count). The standard InChI is InChI=1S/C65H76O28/c1-74-49-17-9-13-45(53(49)78-5)57(66)86-90-61(70)82-41-29-21-37(22-30-41)65(38-23-31-42(32-24-38)83-62(71)91-87-58(67)46-14-10-18-50(75-2)54(46)79-6,39-25-33-43(34-26-39)84-63(72)92-88-59(68)47-15-11-19-51(76-3)55(47)80-7)40-27-35-44(36-28-40)85-64(73)93-89-60(69)48-16-12-20-52(77-4)56(48)81-8/h9-20,37-44H,21-36H2,1-8H3. The predicted octanol–water partition coefficient (Wildman–Crippen LogP) is 12.0. The van der Waals surface area contributed by atoms with E-state index in [4.69, 9.17) is 95.9 Å². The lowest BCUT2D eigenvalue weighted by Crippen LogP contribution is -2.54. The van der Waals surface area contributed by atoms with Crippen LogP contribution in [0.4, 0.5) is 19.2 Å². The number of carbonyl (C=O) groups is 8. The molecule has 4 aromatic rings. The summed E-state index contributed by atoms with van der Waals surface area (Å²) in [5, 5.41) is 0. The third-order valence-electron chi connectivity index (χ3n) is 17.8. The molecule has 4 saturated carbocycles. The molecule has 0 heterocycles. The minimum Gasteiger partial charge on any atom is -0.493 e. The molecule has 0 atom stereocenters. The lowest BCUT2D eigenvalue weighted by molar-refractivity contribution is -0.213. The van der Waals surface area contributed by atoms with E-state index in [1.807, 2.05) is 0 Å². The number of methoxy groups -OCH3 is 8. The first kappa shape index (κ1) is 69.1. The largest absolute Gasteiger partial charge is 0.550 e. The van der Waals surface area contributed by atoms with Gasteiger partial charge in [-0.25, -0.2) is 58.3 Å². The summed E-state index contributed by atoms with van der Waals surface area (Å²) in [4.78, 5) is 144. The maximum Gasteiger partial charge on any atom is 0.550 e. The fourth-order valence-corrected chi connectivity index (χ4v) is 14.0. The van der Waals surface area contributed by atoms with Crippen molar-refractivity contribution in [1.82, 2.24) is 0 Å². The van der Waals surface area contributed by atoms with Crippen LogP contribution in [0.3, 0.4) is 0 Å². The summed E-state index contributed by atoms with van der Waals surface area (Å²) in [5.74, 6) is -2.97. The summed E-state index contributed by atoms with van der Waals surface area (Å²) < 4.78 is 65.5. The average Bonchev–Trinajstić information content (AvgIpc) is 0.755. The van der Waals surface area contributed by atoms with Crippen LogP contribution in [0.5, 0.6) is 46.0 Å². The van der Waals surface area contributed by atoms with E-state index in [-0.39, 0.29) is 91.9 Å². The zero-order valence-electron chi connectivity index (χ0n) is 52.8. The summed E-state index contributed by atoms with van der Waals surface area (Å²) in [6, 6.07) is 18.1. The number of para-hydroxylation sites is 4. The van der Waals surface area contributed by atoms with Crippen molar-refractivity contribution in [1.29, 1.82) is 0 Å². The summed E-state index contributed by atoms with van der Waals surface area (Å²) in [6.07, 6.45) is 0.0718. The first-order valence-corrected chi connectivity index (χ1v) is 30.3. The van der Waals surface area contributed by atoms with Gasteiger partial charge in [-0.15, -0.1) is 0 Å². The lowest BCUT2D eigenvalue weighted by atomic mass is 9.45. The Balaban J connectivity index is 0.996. The fourth-order valence-electron chi connectivity index (χ4n) is 14.0. The second-order valence-corrected chi connectivity index (χ2v) is 22.3. The van der Waals surface area contributed by atoms with Gasteiger partial charge in [-0.2, -0.15) is 19.2 Å². The van der Waals surface area contributed by atoms with Crippen LogP contribution in [-0.2, 0) is 58.0 Å². The van der Waals surface area contributed by atoms with Crippen molar-refractivity contribution in [3.05, 3.63) is 95.1 Å². The zero-order valence-corrected chi connectivity index (χ0v) is 52.8. The quantitative estimate of drug-likeness (QED) is 0.0343. The van der Waals surface area contributed by atoms with Gasteiger partial charge in [-0.05, 0) is 180 Å². The molecule has 0 unspecified atom stereocenters. The molecule has 4 aliphatic carbocycles. The van der Waals surface area contributed by atoms with E-state index < -0.39 is 78.3 Å². The van der Waals surface area contributed by atoms with Gasteiger partial charge in [0, 0.05) is 0 Å². The molecule has 4 aliphatic rings. The predicted molar refractivity (Wildman–Crippen MR) is 316 cm³/mol. The average molecular weight is 1310 g/mol. The van der Waals surface area contributed by atoms with Crippen molar-refractivity contribution < 1.29 is 134 Å². The Morgan fingerprint density at radius 2 is 0.462 bits per heavy atom. The molecular weight excluding hydrogens is 1230 g/mol. The molecule has 28 heteroatoms. The van der Waals surface area contributed by atoms with Crippen LogP contribution in [-0.4, -0.2) is 130 Å². The van der Waals surface area contributed by atoms with Crippen molar-refractivity contribution in [2.24, 2.45) is 29.1 Å². The molecule has 28 nitrogen and oxygen atoms in total. The van der Waals surface area contributed by atoms with Crippen LogP contribution in [0.15, 0.2) is 72.8 Å². The number of carbonyl (C=O) groups excluding carboxylic acids is 8. The second-order valence-electron chi connectivity index (χ2n) is 22.3. The Hall–Kier alpha value is -9.76. The molecular formula is C65H76O28. The third-order valence-corrected chi connectivity index (χ3v) is 17.8. The van der Waals surface area contributed by atoms with E-state index in [1.54, 1.807) is 24.3 Å². The van der Waals surface area contributed by atoms with Gasteiger partial charge in [0.15, 0.2) is 46.0 Å². The highest BCUT2D eigenvalue weighted by Crippen LogP contribution is 2.63. The van der Waals surface area contributed by atoms with Crippen molar-refractivity contribution in [2.45, 2.75) is 127 Å². The van der Waals surface area contributed by atoms with Crippen molar-refractivity contribution in [3.63, 3.8) is 0 Å². The lowest BCUT2D eigenvalue weighted by Gasteiger charge is -2.60. The molecule has 0 saturated heterocycles. The van der Waals surface area contributed by atoms with Gasteiger partial charge in [0.05, 0.1) is 56.9 Å². The molecule has 0 amide bonds. The molecule has 0 radical (unpaired) electrons. The third kappa shape index (κ3) is 16.7. The molecule has 504 valence electrons. The molecule has 4 fully saturated rings. The van der Waals surface area contributed by atoms with Crippen LogP contribution in [0.1, 0.15) is 144 Å². The number of rotatable bonds is 20. The van der Waals surface area contributed by atoms with Crippen LogP contribution in [0.25, 0.3) is 0 Å². The number of hydrogen-bond donors (Lipinski definition) is 0. The van der Waals surface area contributed by atoms with E-state index in [1.165, 1.54) is 105 Å². The summed E-state index contributed by atoms with van der Waals surface area (Å²) in [7, 11) is 11.0. The van der Waals surface area contributed by atoms with Crippen molar-refractivity contribution in [3.8, 4) is 46.0 Å². The molecule has 93 heavy (non-hydrogen) atoms. The van der Waals surface area contributed by atoms with Gasteiger partial charge in [0.1, 0.15) is 46.7 Å². The van der Waals surface area contributed by atoms with Crippen molar-refractivity contribution >= 4 is 48.5 Å². The summed E-state index contributed by atoms with van der Waals surface area (Å²) >= 11 is 0. The summed E-state index contributed by atoms with van der Waals surface area (Å²) in [5.41, 5.74) is -0.753. The molecule has 0 spiro atoms. The van der Waals surface area contributed by atoms with Crippen LogP contribution in [0.2, 0.25) is 0 Å². The van der Waals surface area contributed by atoms with Crippen LogP contribution < -0.4 is 37.9 Å². The zero-order chi connectivity index (χ0) is 66.6. The normalized spacial score (nSPS) is 21.5. The second kappa shape index (κ2) is 33.0. The van der Waals surface area contributed by atoms with E-state index in [0.29, 0.717) is 103 Å². The first-order valence-electron chi connectivity index (χ1n) is 30.3. The van der Waals surface area contributed by atoms with Gasteiger partial charge in [-0.1, -0.05) is 24.3 Å². The van der Waals surface area contributed by atoms with E-state index in [2.05, 4.69) is 0 Å². The summed E-state index contributed by atoms with van der Waals surface area (Å²) in [6.45, 7) is 0. The Morgan fingerprint density at radius 1 is 0.269 bits per heavy atom. The SMILES string of the molecule is COc1cccc(C(=O)OOC(=O)OC2CCC(C(C3CCC(OC(=O)OOC(=O)c4cccc(OC)c4OC)CC3)(C3CCC(OC(=O)OOC(=O)c4cccc(OC)c4OC)CC3)C3CCC(OC(=O)OOC(=O)c4cccc(OC)c4OC)CC3)CC2)c1OC. The Morgan fingerprint density at radius 3 is 0.634 bits per heavy atom. The Kier molecular flexibility index (Phi) is 24.5. The topological polar surface area (TPSA) is 321 Å². The highest BCUT2D eigenvalue weighted by molar-refractivity contribution is 5.95. The Labute approximate surface area is 535 Å².